The van der Waals surface area contributed by atoms with Crippen molar-refractivity contribution in [1.29, 1.82) is 0 Å². The van der Waals surface area contributed by atoms with E-state index in [1.54, 1.807) is 73.7 Å². The first-order valence-electron chi connectivity index (χ1n) is 12.5. The van der Waals surface area contributed by atoms with Crippen molar-refractivity contribution in [3.63, 3.8) is 0 Å². The second-order valence-electron chi connectivity index (χ2n) is 9.13. The molecule has 0 bridgehead atoms. The van der Waals surface area contributed by atoms with Crippen molar-refractivity contribution in [2.45, 2.75) is 32.3 Å². The number of carbonyl (C=O) groups excluding carboxylic acids is 4. The average molecular weight is 514 g/mol. The molecular formula is C29H27N3O6. The molecule has 5 rings (SSSR count). The normalized spacial score (nSPS) is 16.3. The Hall–Kier alpha value is -4.50. The molecule has 38 heavy (non-hydrogen) atoms. The van der Waals surface area contributed by atoms with Crippen molar-refractivity contribution >= 4 is 35.0 Å². The molecule has 0 aliphatic carbocycles. The molecule has 9 heteroatoms. The van der Waals surface area contributed by atoms with Crippen LogP contribution in [0.25, 0.3) is 0 Å². The number of benzene rings is 3. The number of hydrogen-bond donors (Lipinski definition) is 2. The Kier molecular flexibility index (Phi) is 7.19. The van der Waals surface area contributed by atoms with Crippen LogP contribution in [0.3, 0.4) is 0 Å². The predicted octanol–water partition coefficient (Wildman–Crippen LogP) is 4.85. The minimum atomic E-state index is -0.354. The number of fused-ring (bicyclic) bond motifs is 1. The fraction of sp³-hybridized carbons (Fsp3) is 0.241. The van der Waals surface area contributed by atoms with Gasteiger partial charge in [-0.2, -0.15) is 0 Å². The zero-order chi connectivity index (χ0) is 26.6. The molecule has 0 saturated carbocycles. The summed E-state index contributed by atoms with van der Waals surface area (Å²) in [6, 6.07) is 18.3. The molecule has 9 nitrogen and oxygen atoms in total. The molecule has 0 spiro atoms. The summed E-state index contributed by atoms with van der Waals surface area (Å²) in [4.78, 5) is 51.2. The van der Waals surface area contributed by atoms with Crippen LogP contribution in [-0.2, 0) is 9.53 Å². The van der Waals surface area contributed by atoms with Gasteiger partial charge in [0.05, 0.1) is 23.8 Å². The number of amides is 4. The summed E-state index contributed by atoms with van der Waals surface area (Å²) in [6.45, 7) is 2.66. The minimum Gasteiger partial charge on any atom is -0.457 e. The Bertz CT molecular complexity index is 1400. The van der Waals surface area contributed by atoms with Gasteiger partial charge in [0.2, 0.25) is 5.91 Å². The second kappa shape index (κ2) is 10.9. The highest BCUT2D eigenvalue weighted by molar-refractivity contribution is 6.21. The largest absolute Gasteiger partial charge is 0.457 e. The number of ether oxygens (including phenoxy) is 2. The van der Waals surface area contributed by atoms with E-state index in [9.17, 15) is 19.2 Å². The lowest BCUT2D eigenvalue weighted by molar-refractivity contribution is -0.115. The van der Waals surface area contributed by atoms with Gasteiger partial charge in [-0.25, -0.2) is 0 Å². The van der Waals surface area contributed by atoms with Crippen LogP contribution in [0.15, 0.2) is 66.7 Å². The van der Waals surface area contributed by atoms with Crippen LogP contribution in [0.1, 0.15) is 57.3 Å². The van der Waals surface area contributed by atoms with Crippen LogP contribution in [0.2, 0.25) is 0 Å². The second-order valence-corrected chi connectivity index (χ2v) is 9.13. The van der Waals surface area contributed by atoms with Crippen LogP contribution in [0, 0.1) is 0 Å². The summed E-state index contributed by atoms with van der Waals surface area (Å²) in [5.74, 6) is -0.243. The molecule has 4 amide bonds. The molecule has 2 aliphatic heterocycles. The topological polar surface area (TPSA) is 114 Å². The summed E-state index contributed by atoms with van der Waals surface area (Å²) >= 11 is 0. The van der Waals surface area contributed by atoms with Crippen molar-refractivity contribution in [2.24, 2.45) is 0 Å². The zero-order valence-corrected chi connectivity index (χ0v) is 20.9. The monoisotopic (exact) mass is 513 g/mol. The number of imide groups is 1. The zero-order valence-electron chi connectivity index (χ0n) is 20.9. The molecule has 2 heterocycles. The third-order valence-corrected chi connectivity index (χ3v) is 6.43. The van der Waals surface area contributed by atoms with Gasteiger partial charge in [0, 0.05) is 36.0 Å². The van der Waals surface area contributed by atoms with Gasteiger partial charge in [-0.3, -0.25) is 24.1 Å². The molecule has 0 aromatic heterocycles. The minimum absolute atomic E-state index is 0.102. The van der Waals surface area contributed by atoms with Gasteiger partial charge in [-0.05, 0) is 67.4 Å². The Morgan fingerprint density at radius 2 is 1.68 bits per heavy atom. The molecule has 2 N–H and O–H groups in total. The molecule has 1 saturated heterocycles. The average Bonchev–Trinajstić information content (AvgIpc) is 3.52. The van der Waals surface area contributed by atoms with Crippen LogP contribution in [0.5, 0.6) is 11.5 Å². The smallest absolute Gasteiger partial charge is 0.261 e. The van der Waals surface area contributed by atoms with Gasteiger partial charge in [-0.15, -0.1) is 0 Å². The maximum atomic E-state index is 12.9. The number of nitrogens with one attached hydrogen (secondary N) is 2. The maximum Gasteiger partial charge on any atom is 0.261 e. The number of hydrogen-bond acceptors (Lipinski definition) is 6. The van der Waals surface area contributed by atoms with E-state index in [2.05, 4.69) is 10.6 Å². The molecule has 2 aliphatic rings. The van der Waals surface area contributed by atoms with E-state index in [1.165, 1.54) is 4.90 Å². The summed E-state index contributed by atoms with van der Waals surface area (Å²) in [7, 11) is 0. The van der Waals surface area contributed by atoms with Crippen molar-refractivity contribution in [2.75, 3.05) is 23.8 Å². The van der Waals surface area contributed by atoms with Crippen molar-refractivity contribution in [3.05, 3.63) is 83.4 Å². The molecule has 1 fully saturated rings. The fourth-order valence-electron chi connectivity index (χ4n) is 4.42. The first-order valence-corrected chi connectivity index (χ1v) is 12.5. The summed E-state index contributed by atoms with van der Waals surface area (Å²) in [5.41, 5.74) is 2.22. The van der Waals surface area contributed by atoms with Crippen molar-refractivity contribution in [3.8, 4) is 11.5 Å². The first kappa shape index (κ1) is 25.2. The molecular weight excluding hydrogens is 486 g/mol. The Balaban J connectivity index is 1.24. The van der Waals surface area contributed by atoms with Gasteiger partial charge in [0.1, 0.15) is 11.5 Å². The van der Waals surface area contributed by atoms with Crippen LogP contribution < -0.4 is 15.4 Å². The van der Waals surface area contributed by atoms with Crippen molar-refractivity contribution in [1.82, 2.24) is 4.90 Å². The highest BCUT2D eigenvalue weighted by Gasteiger charge is 2.37. The first-order chi connectivity index (χ1) is 18.4. The van der Waals surface area contributed by atoms with E-state index in [1.807, 2.05) is 0 Å². The third-order valence-electron chi connectivity index (χ3n) is 6.43. The Morgan fingerprint density at radius 1 is 0.921 bits per heavy atom. The molecule has 1 atom stereocenters. The number of rotatable bonds is 8. The molecule has 0 radical (unpaired) electrons. The summed E-state index contributed by atoms with van der Waals surface area (Å²) < 4.78 is 11.5. The molecule has 3 aromatic rings. The van der Waals surface area contributed by atoms with Crippen LogP contribution in [-0.4, -0.2) is 47.8 Å². The maximum absolute atomic E-state index is 12.9. The number of anilines is 2. The van der Waals surface area contributed by atoms with E-state index >= 15 is 0 Å². The quantitative estimate of drug-likeness (QED) is 0.416. The SMILES string of the molecule is CCC(=O)Nc1ccc(C(=O)Nc2cccc(Oc3ccc4c(c3)C(=O)N(CC3CCCO3)C4=O)c2)cc1. The lowest BCUT2D eigenvalue weighted by atomic mass is 10.1. The molecule has 3 aromatic carbocycles. The Morgan fingerprint density at radius 3 is 2.42 bits per heavy atom. The fourth-order valence-corrected chi connectivity index (χ4v) is 4.42. The van der Waals surface area contributed by atoms with Gasteiger partial charge < -0.3 is 20.1 Å². The van der Waals surface area contributed by atoms with E-state index < -0.39 is 0 Å². The van der Waals surface area contributed by atoms with Crippen LogP contribution in [0.4, 0.5) is 11.4 Å². The van der Waals surface area contributed by atoms with Crippen molar-refractivity contribution < 1.29 is 28.7 Å². The number of carbonyl (C=O) groups is 4. The Labute approximate surface area is 219 Å². The van der Waals surface area contributed by atoms with E-state index in [0.717, 1.165) is 12.8 Å². The predicted molar refractivity (Wildman–Crippen MR) is 141 cm³/mol. The van der Waals surface area contributed by atoms with Crippen LogP contribution >= 0.6 is 0 Å². The van der Waals surface area contributed by atoms with Gasteiger partial charge in [0.25, 0.3) is 17.7 Å². The molecule has 194 valence electrons. The van der Waals surface area contributed by atoms with E-state index in [-0.39, 0.29) is 36.3 Å². The standard InChI is InChI=1S/C29H27N3O6/c1-2-26(33)30-19-10-8-18(9-11-19)27(34)31-20-5-3-6-21(15-20)38-22-12-13-24-25(16-22)29(36)32(28(24)35)17-23-7-4-14-37-23/h3,5-6,8-13,15-16,23H,2,4,7,14,17H2,1H3,(H,30,33)(H,31,34). The lowest BCUT2D eigenvalue weighted by Gasteiger charge is -2.17. The van der Waals surface area contributed by atoms with E-state index in [4.69, 9.17) is 9.47 Å². The lowest BCUT2D eigenvalue weighted by Crippen LogP contribution is -2.36. The number of nitrogens with zero attached hydrogens (tertiary/aromatic N) is 1. The summed E-state index contributed by atoms with van der Waals surface area (Å²) in [5, 5.41) is 5.57. The summed E-state index contributed by atoms with van der Waals surface area (Å²) in [6.07, 6.45) is 2.01. The van der Waals surface area contributed by atoms with Gasteiger partial charge >= 0.3 is 0 Å². The third kappa shape index (κ3) is 5.42. The van der Waals surface area contributed by atoms with Gasteiger partial charge in [-0.1, -0.05) is 13.0 Å². The highest BCUT2D eigenvalue weighted by Crippen LogP contribution is 2.31. The van der Waals surface area contributed by atoms with E-state index in [0.29, 0.717) is 52.6 Å². The van der Waals surface area contributed by atoms with Gasteiger partial charge in [0.15, 0.2) is 0 Å². The highest BCUT2D eigenvalue weighted by atomic mass is 16.5. The molecule has 1 unspecified atom stereocenters.